The van der Waals surface area contributed by atoms with Crippen molar-refractivity contribution in [2.24, 2.45) is 0 Å². The molecule has 1 heterocycles. The molecule has 0 N–H and O–H groups in total. The van der Waals surface area contributed by atoms with Gasteiger partial charge in [-0.15, -0.1) is 0 Å². The standard InChI is InChI=1S/C19H20ClNO4S/c1-14(15-4-8-17(20)9-5-15)25-19(22)16-6-10-18(11-7-16)26(23,24)21-12-2-3-13-21/h4-11,14H,2-3,12-13H2,1H3/t14-/m0/s1. The Labute approximate surface area is 158 Å². The van der Waals surface area contributed by atoms with Crippen molar-refractivity contribution in [1.29, 1.82) is 0 Å². The highest BCUT2D eigenvalue weighted by atomic mass is 35.5. The Morgan fingerprint density at radius 1 is 1.04 bits per heavy atom. The third-order valence-electron chi connectivity index (χ3n) is 4.42. The fourth-order valence-corrected chi connectivity index (χ4v) is 4.51. The zero-order valence-electron chi connectivity index (χ0n) is 14.4. The van der Waals surface area contributed by atoms with Gasteiger partial charge in [0.25, 0.3) is 0 Å². The largest absolute Gasteiger partial charge is 0.454 e. The predicted molar refractivity (Wildman–Crippen MR) is 99.7 cm³/mol. The van der Waals surface area contributed by atoms with Crippen LogP contribution in [-0.2, 0) is 14.8 Å². The fourth-order valence-electron chi connectivity index (χ4n) is 2.87. The number of ether oxygens (including phenoxy) is 1. The molecule has 1 aliphatic heterocycles. The molecule has 1 aliphatic rings. The summed E-state index contributed by atoms with van der Waals surface area (Å²) < 4.78 is 31.9. The van der Waals surface area contributed by atoms with Gasteiger partial charge < -0.3 is 4.74 Å². The van der Waals surface area contributed by atoms with Crippen LogP contribution in [0, 0.1) is 0 Å². The van der Waals surface area contributed by atoms with Gasteiger partial charge in [0.1, 0.15) is 6.10 Å². The van der Waals surface area contributed by atoms with Crippen molar-refractivity contribution in [3.63, 3.8) is 0 Å². The maximum atomic E-state index is 12.5. The Bertz CT molecular complexity index is 873. The monoisotopic (exact) mass is 393 g/mol. The van der Waals surface area contributed by atoms with Gasteiger partial charge in [-0.05, 0) is 61.7 Å². The van der Waals surface area contributed by atoms with Crippen LogP contribution in [0.15, 0.2) is 53.4 Å². The van der Waals surface area contributed by atoms with E-state index in [2.05, 4.69) is 0 Å². The molecule has 138 valence electrons. The van der Waals surface area contributed by atoms with Crippen molar-refractivity contribution < 1.29 is 17.9 Å². The average molecular weight is 394 g/mol. The number of hydrogen-bond acceptors (Lipinski definition) is 4. The summed E-state index contributed by atoms with van der Waals surface area (Å²) in [5, 5.41) is 0.613. The number of nitrogens with zero attached hydrogens (tertiary/aromatic N) is 1. The Kier molecular flexibility index (Phi) is 5.65. The first-order valence-corrected chi connectivity index (χ1v) is 10.3. The van der Waals surface area contributed by atoms with Crippen LogP contribution in [0.2, 0.25) is 5.02 Å². The van der Waals surface area contributed by atoms with Gasteiger partial charge in [0.05, 0.1) is 10.5 Å². The highest BCUT2D eigenvalue weighted by Gasteiger charge is 2.27. The summed E-state index contributed by atoms with van der Waals surface area (Å²) >= 11 is 5.86. The van der Waals surface area contributed by atoms with Crippen molar-refractivity contribution in [2.75, 3.05) is 13.1 Å². The number of halogens is 1. The van der Waals surface area contributed by atoms with Gasteiger partial charge in [0.2, 0.25) is 10.0 Å². The lowest BCUT2D eigenvalue weighted by Crippen LogP contribution is -2.27. The third kappa shape index (κ3) is 4.09. The van der Waals surface area contributed by atoms with Crippen LogP contribution in [-0.4, -0.2) is 31.8 Å². The van der Waals surface area contributed by atoms with Gasteiger partial charge in [-0.3, -0.25) is 0 Å². The van der Waals surface area contributed by atoms with Crippen molar-refractivity contribution in [3.8, 4) is 0 Å². The van der Waals surface area contributed by atoms with Gasteiger partial charge >= 0.3 is 5.97 Å². The molecule has 0 unspecified atom stereocenters. The number of sulfonamides is 1. The molecule has 1 atom stereocenters. The van der Waals surface area contributed by atoms with Crippen LogP contribution in [0.4, 0.5) is 0 Å². The summed E-state index contributed by atoms with van der Waals surface area (Å²) in [6, 6.07) is 12.9. The summed E-state index contributed by atoms with van der Waals surface area (Å²) in [5.41, 5.74) is 1.14. The van der Waals surface area contributed by atoms with Gasteiger partial charge in [0, 0.05) is 18.1 Å². The van der Waals surface area contributed by atoms with Gasteiger partial charge in [-0.25, -0.2) is 13.2 Å². The zero-order valence-corrected chi connectivity index (χ0v) is 16.0. The second-order valence-corrected chi connectivity index (χ2v) is 8.61. The predicted octanol–water partition coefficient (Wildman–Crippen LogP) is 4.04. The van der Waals surface area contributed by atoms with Crippen molar-refractivity contribution >= 4 is 27.6 Å². The molecule has 0 aliphatic carbocycles. The van der Waals surface area contributed by atoms with E-state index in [1.807, 2.05) is 0 Å². The molecular formula is C19H20ClNO4S. The summed E-state index contributed by atoms with van der Waals surface area (Å²) in [5.74, 6) is -0.502. The lowest BCUT2D eigenvalue weighted by Gasteiger charge is -2.16. The van der Waals surface area contributed by atoms with Crippen LogP contribution in [0.25, 0.3) is 0 Å². The number of carbonyl (C=O) groups is 1. The van der Waals surface area contributed by atoms with E-state index in [4.69, 9.17) is 16.3 Å². The summed E-state index contributed by atoms with van der Waals surface area (Å²) in [4.78, 5) is 12.5. The normalized spacial score (nSPS) is 16.4. The van der Waals surface area contributed by atoms with E-state index in [-0.39, 0.29) is 4.90 Å². The Hall–Kier alpha value is -1.89. The highest BCUT2D eigenvalue weighted by Crippen LogP contribution is 2.23. The van der Waals surface area contributed by atoms with E-state index in [1.165, 1.54) is 28.6 Å². The quantitative estimate of drug-likeness (QED) is 0.719. The van der Waals surface area contributed by atoms with Crippen molar-refractivity contribution in [3.05, 3.63) is 64.7 Å². The molecule has 0 amide bonds. The van der Waals surface area contributed by atoms with Crippen LogP contribution in [0.5, 0.6) is 0 Å². The highest BCUT2D eigenvalue weighted by molar-refractivity contribution is 7.89. The van der Waals surface area contributed by atoms with Crippen LogP contribution in [0.3, 0.4) is 0 Å². The number of benzene rings is 2. The van der Waals surface area contributed by atoms with Crippen LogP contribution in [0.1, 0.15) is 41.8 Å². The maximum Gasteiger partial charge on any atom is 0.338 e. The lowest BCUT2D eigenvalue weighted by atomic mass is 10.1. The number of rotatable bonds is 5. The number of esters is 1. The first kappa shape index (κ1) is 18.9. The lowest BCUT2D eigenvalue weighted by molar-refractivity contribution is 0.0338. The Morgan fingerprint density at radius 3 is 2.19 bits per heavy atom. The van der Waals surface area contributed by atoms with Crippen LogP contribution >= 0.6 is 11.6 Å². The SMILES string of the molecule is C[C@H](OC(=O)c1ccc(S(=O)(=O)N2CCCC2)cc1)c1ccc(Cl)cc1. The van der Waals surface area contributed by atoms with E-state index in [0.717, 1.165) is 18.4 Å². The number of hydrogen-bond donors (Lipinski definition) is 0. The Morgan fingerprint density at radius 2 is 1.62 bits per heavy atom. The molecule has 3 rings (SSSR count). The minimum absolute atomic E-state index is 0.196. The molecule has 0 aromatic heterocycles. The molecule has 2 aromatic rings. The minimum Gasteiger partial charge on any atom is -0.454 e. The third-order valence-corrected chi connectivity index (χ3v) is 6.58. The van der Waals surface area contributed by atoms with E-state index >= 15 is 0 Å². The van der Waals surface area contributed by atoms with Gasteiger partial charge in [-0.1, -0.05) is 23.7 Å². The second-order valence-electron chi connectivity index (χ2n) is 6.23. The van der Waals surface area contributed by atoms with E-state index in [0.29, 0.717) is 23.7 Å². The molecule has 1 saturated heterocycles. The van der Waals surface area contributed by atoms with Gasteiger partial charge in [0.15, 0.2) is 0 Å². The first-order valence-electron chi connectivity index (χ1n) is 8.44. The topological polar surface area (TPSA) is 63.7 Å². The second kappa shape index (κ2) is 7.78. The molecule has 5 nitrogen and oxygen atoms in total. The Balaban J connectivity index is 1.69. The number of carbonyl (C=O) groups excluding carboxylic acids is 1. The minimum atomic E-state index is -3.48. The maximum absolute atomic E-state index is 12.5. The molecule has 0 bridgehead atoms. The van der Waals surface area contributed by atoms with Crippen LogP contribution < -0.4 is 0 Å². The molecule has 2 aromatic carbocycles. The molecule has 0 spiro atoms. The zero-order chi connectivity index (χ0) is 18.7. The summed E-state index contributed by atoms with van der Waals surface area (Å²) in [7, 11) is -3.48. The van der Waals surface area contributed by atoms with Gasteiger partial charge in [-0.2, -0.15) is 4.31 Å². The average Bonchev–Trinajstić information content (AvgIpc) is 3.18. The molecule has 7 heteroatoms. The fraction of sp³-hybridized carbons (Fsp3) is 0.316. The molecule has 0 saturated carbocycles. The van der Waals surface area contributed by atoms with E-state index in [1.54, 1.807) is 31.2 Å². The molecule has 0 radical (unpaired) electrons. The summed E-state index contributed by atoms with van der Waals surface area (Å²) in [6.45, 7) is 2.86. The van der Waals surface area contributed by atoms with E-state index in [9.17, 15) is 13.2 Å². The molecular weight excluding hydrogens is 374 g/mol. The molecule has 1 fully saturated rings. The summed E-state index contributed by atoms with van der Waals surface area (Å²) in [6.07, 6.45) is 1.33. The van der Waals surface area contributed by atoms with E-state index < -0.39 is 22.1 Å². The first-order chi connectivity index (χ1) is 12.4. The smallest absolute Gasteiger partial charge is 0.338 e. The molecule has 26 heavy (non-hydrogen) atoms. The van der Waals surface area contributed by atoms with Crippen molar-refractivity contribution in [1.82, 2.24) is 4.31 Å². The van der Waals surface area contributed by atoms with Crippen molar-refractivity contribution in [2.45, 2.75) is 30.8 Å².